The molecule has 0 aliphatic rings. The summed E-state index contributed by atoms with van der Waals surface area (Å²) in [6, 6.07) is 21.3. The van der Waals surface area contributed by atoms with Crippen molar-refractivity contribution in [2.45, 2.75) is 44.2 Å². The third-order valence-corrected chi connectivity index (χ3v) is 8.77. The van der Waals surface area contributed by atoms with Crippen molar-refractivity contribution >= 4 is 59.4 Å². The molecule has 1 N–H and O–H groups in total. The molecule has 0 saturated carbocycles. The Kier molecular flexibility index (Phi) is 10.9. The molecule has 3 rings (SSSR count). The zero-order chi connectivity index (χ0) is 27.7. The summed E-state index contributed by atoms with van der Waals surface area (Å²) in [7, 11) is -4.08. The molecule has 1 atom stereocenters. The van der Waals surface area contributed by atoms with E-state index in [2.05, 4.69) is 37.2 Å². The van der Waals surface area contributed by atoms with E-state index in [4.69, 9.17) is 0 Å². The van der Waals surface area contributed by atoms with E-state index in [1.165, 1.54) is 17.0 Å². The first-order chi connectivity index (χ1) is 18.1. The number of carbonyl (C=O) groups is 2. The van der Waals surface area contributed by atoms with E-state index in [1.807, 2.05) is 31.2 Å². The number of anilines is 1. The van der Waals surface area contributed by atoms with Gasteiger partial charge in [0.05, 0.1) is 10.6 Å². The van der Waals surface area contributed by atoms with Gasteiger partial charge in [0.25, 0.3) is 10.0 Å². The highest BCUT2D eigenvalue weighted by molar-refractivity contribution is 9.10. The summed E-state index contributed by atoms with van der Waals surface area (Å²) in [5.41, 5.74) is 1.15. The standard InChI is InChI=1S/C28H31Br2N3O4S/c1-3-4-17-31-28(35)21(2)32(19-22-9-8-10-24(30)18-22)27(34)20-33(25-15-13-23(29)14-16-25)38(36,37)26-11-6-5-7-12-26/h5-16,18,21H,3-4,17,19-20H2,1-2H3,(H,31,35)/t21-/m0/s1. The van der Waals surface area contributed by atoms with Gasteiger partial charge in [-0.3, -0.25) is 13.9 Å². The molecule has 0 bridgehead atoms. The number of nitrogens with one attached hydrogen (secondary N) is 1. The number of hydrogen-bond acceptors (Lipinski definition) is 4. The average Bonchev–Trinajstić information content (AvgIpc) is 2.91. The Morgan fingerprint density at radius 1 is 0.921 bits per heavy atom. The molecule has 0 saturated heterocycles. The first-order valence-corrected chi connectivity index (χ1v) is 15.3. The second-order valence-corrected chi connectivity index (χ2v) is 12.5. The van der Waals surface area contributed by atoms with E-state index in [9.17, 15) is 18.0 Å². The molecule has 0 aliphatic heterocycles. The fourth-order valence-corrected chi connectivity index (χ4v) is 5.95. The van der Waals surface area contributed by atoms with Crippen molar-refractivity contribution in [3.8, 4) is 0 Å². The van der Waals surface area contributed by atoms with Crippen LogP contribution in [0.4, 0.5) is 5.69 Å². The molecule has 0 fully saturated rings. The van der Waals surface area contributed by atoms with Crippen molar-refractivity contribution in [1.82, 2.24) is 10.2 Å². The van der Waals surface area contributed by atoms with Gasteiger partial charge in [-0.05, 0) is 67.4 Å². The van der Waals surface area contributed by atoms with Gasteiger partial charge in [0.15, 0.2) is 0 Å². The summed E-state index contributed by atoms with van der Waals surface area (Å²) in [6.07, 6.45) is 1.75. The number of carbonyl (C=O) groups excluding carboxylic acids is 2. The van der Waals surface area contributed by atoms with Gasteiger partial charge in [0.1, 0.15) is 12.6 Å². The highest BCUT2D eigenvalue weighted by atomic mass is 79.9. The Morgan fingerprint density at radius 2 is 1.61 bits per heavy atom. The van der Waals surface area contributed by atoms with Gasteiger partial charge in [0, 0.05) is 22.0 Å². The molecular formula is C28H31Br2N3O4S. The third kappa shape index (κ3) is 7.91. The summed E-state index contributed by atoms with van der Waals surface area (Å²) in [5.74, 6) is -0.784. The Bertz CT molecular complexity index is 1340. The average molecular weight is 665 g/mol. The summed E-state index contributed by atoms with van der Waals surface area (Å²) in [5, 5.41) is 2.88. The van der Waals surface area contributed by atoms with Crippen LogP contribution in [0, 0.1) is 0 Å². The zero-order valence-corrected chi connectivity index (χ0v) is 25.3. The minimum atomic E-state index is -4.08. The number of halogens is 2. The summed E-state index contributed by atoms with van der Waals surface area (Å²) in [4.78, 5) is 28.3. The minimum Gasteiger partial charge on any atom is -0.354 e. The minimum absolute atomic E-state index is 0.0691. The number of amides is 2. The van der Waals surface area contributed by atoms with E-state index in [0.717, 1.165) is 31.7 Å². The van der Waals surface area contributed by atoms with Crippen LogP contribution < -0.4 is 9.62 Å². The summed E-state index contributed by atoms with van der Waals surface area (Å²) >= 11 is 6.83. The highest BCUT2D eigenvalue weighted by Crippen LogP contribution is 2.26. The lowest BCUT2D eigenvalue weighted by Crippen LogP contribution is -2.51. The lowest BCUT2D eigenvalue weighted by molar-refractivity contribution is -0.139. The molecule has 0 aromatic heterocycles. The number of benzene rings is 3. The lowest BCUT2D eigenvalue weighted by Gasteiger charge is -2.32. The molecule has 38 heavy (non-hydrogen) atoms. The van der Waals surface area contributed by atoms with Crippen molar-refractivity contribution in [3.05, 3.63) is 93.4 Å². The molecule has 3 aromatic rings. The van der Waals surface area contributed by atoms with Crippen LogP contribution >= 0.6 is 31.9 Å². The smallest absolute Gasteiger partial charge is 0.264 e. The normalized spacial score (nSPS) is 12.0. The van der Waals surface area contributed by atoms with E-state index in [-0.39, 0.29) is 17.3 Å². The number of nitrogens with zero attached hydrogens (tertiary/aromatic N) is 2. The Balaban J connectivity index is 1.98. The summed E-state index contributed by atoms with van der Waals surface area (Å²) in [6.45, 7) is 3.86. The van der Waals surface area contributed by atoms with Gasteiger partial charge in [-0.1, -0.05) is 75.5 Å². The first-order valence-electron chi connectivity index (χ1n) is 12.3. The van der Waals surface area contributed by atoms with E-state index < -0.39 is 28.5 Å². The number of hydrogen-bond donors (Lipinski definition) is 1. The van der Waals surface area contributed by atoms with Crippen molar-refractivity contribution in [2.24, 2.45) is 0 Å². The maximum atomic E-state index is 13.9. The quantitative estimate of drug-likeness (QED) is 0.250. The topological polar surface area (TPSA) is 86.8 Å². The van der Waals surface area contributed by atoms with Crippen LogP contribution in [0.2, 0.25) is 0 Å². The predicted octanol–water partition coefficient (Wildman–Crippen LogP) is 5.74. The van der Waals surface area contributed by atoms with Crippen molar-refractivity contribution in [3.63, 3.8) is 0 Å². The number of unbranched alkanes of at least 4 members (excludes halogenated alkanes) is 1. The molecule has 202 valence electrons. The molecule has 10 heteroatoms. The van der Waals surface area contributed by atoms with Crippen molar-refractivity contribution < 1.29 is 18.0 Å². The molecule has 0 heterocycles. The van der Waals surface area contributed by atoms with E-state index in [0.29, 0.717) is 12.2 Å². The number of sulfonamides is 1. The van der Waals surface area contributed by atoms with Crippen molar-refractivity contribution in [2.75, 3.05) is 17.4 Å². The Morgan fingerprint density at radius 3 is 2.24 bits per heavy atom. The SMILES string of the molecule is CCCCNC(=O)[C@H](C)N(Cc1cccc(Br)c1)C(=O)CN(c1ccc(Br)cc1)S(=O)(=O)c1ccccc1. The van der Waals surface area contributed by atoms with Gasteiger partial charge in [-0.25, -0.2) is 8.42 Å². The molecule has 0 unspecified atom stereocenters. The van der Waals surface area contributed by atoms with Crippen LogP contribution in [0.15, 0.2) is 92.7 Å². The fraction of sp³-hybridized carbons (Fsp3) is 0.286. The monoisotopic (exact) mass is 663 g/mol. The molecule has 7 nitrogen and oxygen atoms in total. The van der Waals surface area contributed by atoms with Crippen LogP contribution in [-0.2, 0) is 26.2 Å². The maximum absolute atomic E-state index is 13.9. The van der Waals surface area contributed by atoms with Crippen LogP contribution in [0.25, 0.3) is 0 Å². The van der Waals surface area contributed by atoms with Crippen LogP contribution in [0.1, 0.15) is 32.3 Å². The molecule has 2 amide bonds. The van der Waals surface area contributed by atoms with Crippen LogP contribution in [0.5, 0.6) is 0 Å². The van der Waals surface area contributed by atoms with E-state index in [1.54, 1.807) is 49.4 Å². The molecule has 3 aromatic carbocycles. The van der Waals surface area contributed by atoms with Gasteiger partial charge in [-0.2, -0.15) is 0 Å². The molecule has 0 spiro atoms. The fourth-order valence-electron chi connectivity index (χ4n) is 3.81. The van der Waals surface area contributed by atoms with Gasteiger partial charge < -0.3 is 10.2 Å². The van der Waals surface area contributed by atoms with Gasteiger partial charge in [-0.15, -0.1) is 0 Å². The second-order valence-electron chi connectivity index (χ2n) is 8.77. The molecular weight excluding hydrogens is 634 g/mol. The lowest BCUT2D eigenvalue weighted by atomic mass is 10.1. The van der Waals surface area contributed by atoms with Gasteiger partial charge in [0.2, 0.25) is 11.8 Å². The van der Waals surface area contributed by atoms with Crippen LogP contribution in [-0.4, -0.2) is 44.3 Å². The second kappa shape index (κ2) is 13.9. The zero-order valence-electron chi connectivity index (χ0n) is 21.3. The van der Waals surface area contributed by atoms with Crippen molar-refractivity contribution in [1.29, 1.82) is 0 Å². The summed E-state index contributed by atoms with van der Waals surface area (Å²) < 4.78 is 30.1. The Labute approximate surface area is 241 Å². The van der Waals surface area contributed by atoms with E-state index >= 15 is 0 Å². The third-order valence-electron chi connectivity index (χ3n) is 5.96. The molecule has 0 radical (unpaired) electrons. The predicted molar refractivity (Wildman–Crippen MR) is 157 cm³/mol. The molecule has 0 aliphatic carbocycles. The number of rotatable bonds is 12. The Hall–Kier alpha value is -2.69. The highest BCUT2D eigenvalue weighted by Gasteiger charge is 2.32. The van der Waals surface area contributed by atoms with Gasteiger partial charge >= 0.3 is 0 Å². The first kappa shape index (κ1) is 29.9. The largest absolute Gasteiger partial charge is 0.354 e. The van der Waals surface area contributed by atoms with Crippen LogP contribution in [0.3, 0.4) is 0 Å². The maximum Gasteiger partial charge on any atom is 0.264 e.